The van der Waals surface area contributed by atoms with E-state index in [1.165, 1.54) is 23.9 Å². The molecule has 0 bridgehead atoms. The molecule has 154 valence electrons. The van der Waals surface area contributed by atoms with Crippen LogP contribution < -0.4 is 5.69 Å². The van der Waals surface area contributed by atoms with Gasteiger partial charge >= 0.3 is 5.69 Å². The molecule has 29 heavy (non-hydrogen) atoms. The van der Waals surface area contributed by atoms with Crippen LogP contribution in [0.15, 0.2) is 40.3 Å². The minimum Gasteiger partial charge on any atom is -0.348 e. The molecule has 3 rings (SSSR count). The Kier molecular flexibility index (Phi) is 6.74. The summed E-state index contributed by atoms with van der Waals surface area (Å²) in [7, 11) is 0. The number of carbonyl (C=O) groups is 1. The van der Waals surface area contributed by atoms with Crippen molar-refractivity contribution < 1.29 is 9.18 Å². The number of rotatable bonds is 9. The summed E-state index contributed by atoms with van der Waals surface area (Å²) in [6.45, 7) is 7.20. The van der Waals surface area contributed by atoms with Crippen molar-refractivity contribution in [1.82, 2.24) is 19.3 Å². The van der Waals surface area contributed by atoms with Gasteiger partial charge in [-0.25, -0.2) is 14.3 Å². The van der Waals surface area contributed by atoms with Gasteiger partial charge in [-0.1, -0.05) is 30.8 Å². The van der Waals surface area contributed by atoms with Crippen LogP contribution in [0.5, 0.6) is 0 Å². The average molecular weight is 417 g/mol. The van der Waals surface area contributed by atoms with E-state index in [1.54, 1.807) is 16.7 Å². The number of H-pyrrole nitrogens is 1. The third kappa shape index (κ3) is 4.87. The predicted molar refractivity (Wildman–Crippen MR) is 112 cm³/mol. The first-order valence-electron chi connectivity index (χ1n) is 9.63. The maximum Gasteiger partial charge on any atom is 0.343 e. The van der Waals surface area contributed by atoms with Crippen LogP contribution in [-0.4, -0.2) is 30.9 Å². The first kappa shape index (κ1) is 21.1. The van der Waals surface area contributed by atoms with Crippen molar-refractivity contribution in [3.63, 3.8) is 0 Å². The molecule has 0 fully saturated rings. The largest absolute Gasteiger partial charge is 0.348 e. The van der Waals surface area contributed by atoms with E-state index < -0.39 is 0 Å². The van der Waals surface area contributed by atoms with E-state index in [0.29, 0.717) is 17.3 Å². The number of nitrogens with zero attached hydrogens (tertiary/aromatic N) is 3. The molecule has 0 radical (unpaired) electrons. The fourth-order valence-corrected chi connectivity index (χ4v) is 4.22. The normalized spacial score (nSPS) is 11.2. The molecule has 8 heteroatoms. The smallest absolute Gasteiger partial charge is 0.343 e. The minimum atomic E-state index is -0.249. The minimum absolute atomic E-state index is 0.00892. The van der Waals surface area contributed by atoms with Crippen molar-refractivity contribution in [3.8, 4) is 0 Å². The van der Waals surface area contributed by atoms with Crippen LogP contribution >= 0.6 is 11.8 Å². The van der Waals surface area contributed by atoms with Gasteiger partial charge in [-0.05, 0) is 50.5 Å². The van der Waals surface area contributed by atoms with E-state index in [1.807, 2.05) is 26.8 Å². The summed E-state index contributed by atoms with van der Waals surface area (Å²) in [5.41, 5.74) is 3.42. The number of halogens is 1. The average Bonchev–Trinajstić information content (AvgIpc) is 3.19. The number of aromatic amines is 1. The van der Waals surface area contributed by atoms with Gasteiger partial charge < -0.3 is 4.57 Å². The first-order valence-corrected chi connectivity index (χ1v) is 10.6. The van der Waals surface area contributed by atoms with Gasteiger partial charge in [0.1, 0.15) is 5.82 Å². The molecular weight excluding hydrogens is 391 g/mol. The monoisotopic (exact) mass is 416 g/mol. The molecule has 3 aromatic rings. The second-order valence-electron chi connectivity index (χ2n) is 6.99. The molecule has 0 amide bonds. The van der Waals surface area contributed by atoms with Crippen molar-refractivity contribution >= 4 is 17.5 Å². The highest BCUT2D eigenvalue weighted by Crippen LogP contribution is 2.21. The van der Waals surface area contributed by atoms with Crippen molar-refractivity contribution in [2.45, 2.75) is 51.9 Å². The molecule has 0 spiro atoms. The Balaban J connectivity index is 1.68. The highest BCUT2D eigenvalue weighted by molar-refractivity contribution is 7.99. The number of hydrogen-bond acceptors (Lipinski definition) is 4. The Morgan fingerprint density at radius 1 is 1.17 bits per heavy atom. The SMILES string of the molecule is CCCn1c(SCC(=O)c2cc(C)n(CCc3ccc(F)cc3)c2C)n[nH]c1=O. The Hall–Kier alpha value is -2.61. The van der Waals surface area contributed by atoms with Gasteiger partial charge in [-0.3, -0.25) is 9.36 Å². The molecule has 6 nitrogen and oxygen atoms in total. The van der Waals surface area contributed by atoms with Crippen molar-refractivity contribution in [1.29, 1.82) is 0 Å². The van der Waals surface area contributed by atoms with Crippen molar-refractivity contribution in [2.75, 3.05) is 5.75 Å². The number of ketones is 1. The van der Waals surface area contributed by atoms with Crippen molar-refractivity contribution in [2.24, 2.45) is 0 Å². The summed E-state index contributed by atoms with van der Waals surface area (Å²) in [4.78, 5) is 24.6. The van der Waals surface area contributed by atoms with Crippen LogP contribution in [0, 0.1) is 19.7 Å². The maximum atomic E-state index is 13.1. The molecule has 0 saturated heterocycles. The summed E-state index contributed by atoms with van der Waals surface area (Å²) in [6.07, 6.45) is 1.58. The third-order valence-electron chi connectivity index (χ3n) is 4.91. The third-order valence-corrected chi connectivity index (χ3v) is 5.89. The van der Waals surface area contributed by atoms with E-state index in [9.17, 15) is 14.0 Å². The fourth-order valence-electron chi connectivity index (χ4n) is 3.36. The van der Waals surface area contributed by atoms with Gasteiger partial charge in [0.25, 0.3) is 0 Å². The maximum absolute atomic E-state index is 13.1. The molecule has 0 unspecified atom stereocenters. The Morgan fingerprint density at radius 3 is 2.59 bits per heavy atom. The highest BCUT2D eigenvalue weighted by atomic mass is 32.2. The number of aromatic nitrogens is 4. The number of thioether (sulfide) groups is 1. The number of hydrogen-bond donors (Lipinski definition) is 1. The second-order valence-corrected chi connectivity index (χ2v) is 7.93. The van der Waals surface area contributed by atoms with Crippen LogP contribution in [0.2, 0.25) is 0 Å². The molecular formula is C21H25FN4O2S. The van der Waals surface area contributed by atoms with Gasteiger partial charge in [-0.15, -0.1) is 5.10 Å². The van der Waals surface area contributed by atoms with Crippen LogP contribution in [0.3, 0.4) is 0 Å². The molecule has 0 aliphatic carbocycles. The fraction of sp³-hybridized carbons (Fsp3) is 0.381. The van der Waals surface area contributed by atoms with Crippen LogP contribution in [0.4, 0.5) is 4.39 Å². The highest BCUT2D eigenvalue weighted by Gasteiger charge is 2.17. The number of aryl methyl sites for hydroxylation is 2. The van der Waals surface area contributed by atoms with E-state index in [-0.39, 0.29) is 23.0 Å². The summed E-state index contributed by atoms with van der Waals surface area (Å²) >= 11 is 1.27. The van der Waals surface area contributed by atoms with Gasteiger partial charge in [0.15, 0.2) is 10.9 Å². The Morgan fingerprint density at radius 2 is 1.90 bits per heavy atom. The second kappa shape index (κ2) is 9.26. The first-order chi connectivity index (χ1) is 13.9. The lowest BCUT2D eigenvalue weighted by Crippen LogP contribution is -2.17. The van der Waals surface area contributed by atoms with Crippen LogP contribution in [-0.2, 0) is 19.5 Å². The lowest BCUT2D eigenvalue weighted by Gasteiger charge is -2.10. The molecule has 0 aliphatic rings. The molecule has 1 aromatic carbocycles. The zero-order valence-electron chi connectivity index (χ0n) is 16.9. The van der Waals surface area contributed by atoms with Gasteiger partial charge in [0, 0.05) is 30.0 Å². The number of benzene rings is 1. The summed E-state index contributed by atoms with van der Waals surface area (Å²) < 4.78 is 16.7. The standard InChI is InChI=1S/C21H25FN4O2S/c1-4-10-26-20(28)23-24-21(26)29-13-19(27)18-12-14(2)25(15(18)3)11-9-16-5-7-17(22)8-6-16/h5-8,12H,4,9-11,13H2,1-3H3,(H,23,28). The zero-order valence-corrected chi connectivity index (χ0v) is 17.7. The van der Waals surface area contributed by atoms with Gasteiger partial charge in [-0.2, -0.15) is 0 Å². The van der Waals surface area contributed by atoms with Gasteiger partial charge in [0.05, 0.1) is 5.75 Å². The number of Topliss-reactive ketones (excluding diaryl/α,β-unsaturated/α-hetero) is 1. The van der Waals surface area contributed by atoms with E-state index >= 15 is 0 Å². The molecule has 0 saturated carbocycles. The molecule has 1 N–H and O–H groups in total. The summed E-state index contributed by atoms with van der Waals surface area (Å²) in [5.74, 6) is -0.0145. The topological polar surface area (TPSA) is 72.7 Å². The van der Waals surface area contributed by atoms with Gasteiger partial charge in [0.2, 0.25) is 0 Å². The van der Waals surface area contributed by atoms with Crippen LogP contribution in [0.25, 0.3) is 0 Å². The number of carbonyl (C=O) groups excluding carboxylic acids is 1. The molecule has 2 heterocycles. The molecule has 0 aliphatic heterocycles. The Labute approximate surface area is 173 Å². The lowest BCUT2D eigenvalue weighted by atomic mass is 10.1. The lowest BCUT2D eigenvalue weighted by molar-refractivity contribution is 0.102. The van der Waals surface area contributed by atoms with Crippen LogP contribution in [0.1, 0.15) is 40.7 Å². The summed E-state index contributed by atoms with van der Waals surface area (Å²) in [5, 5.41) is 7.00. The quantitative estimate of drug-likeness (QED) is 0.426. The van der Waals surface area contributed by atoms with E-state index in [2.05, 4.69) is 14.8 Å². The number of nitrogens with one attached hydrogen (secondary N) is 1. The molecule has 0 atom stereocenters. The van der Waals surface area contributed by atoms with Crippen molar-refractivity contribution in [3.05, 3.63) is 69.1 Å². The van der Waals surface area contributed by atoms with E-state index in [4.69, 9.17) is 0 Å². The van der Waals surface area contributed by atoms with E-state index in [0.717, 1.165) is 36.3 Å². The molecule has 2 aromatic heterocycles. The Bertz CT molecular complexity index is 1050. The zero-order chi connectivity index (χ0) is 21.0. The predicted octanol–water partition coefficient (Wildman–Crippen LogP) is 3.76. The summed E-state index contributed by atoms with van der Waals surface area (Å²) in [6, 6.07) is 8.40.